The number of nitrogens with zero attached hydrogens (tertiary/aromatic N) is 1. The Morgan fingerprint density at radius 2 is 1.86 bits per heavy atom. The van der Waals surface area contributed by atoms with E-state index in [1.165, 1.54) is 5.56 Å². The van der Waals surface area contributed by atoms with Crippen molar-refractivity contribution in [2.45, 2.75) is 6.04 Å². The van der Waals surface area contributed by atoms with Gasteiger partial charge in [0.1, 0.15) is 0 Å². The Morgan fingerprint density at radius 1 is 1.05 bits per heavy atom. The van der Waals surface area contributed by atoms with Crippen molar-refractivity contribution in [1.29, 1.82) is 0 Å². The largest absolute Gasteiger partial charge is 0.309 e. The minimum atomic E-state index is 0.0916. The van der Waals surface area contributed by atoms with E-state index in [0.29, 0.717) is 0 Å². The second-order valence-corrected chi connectivity index (χ2v) is 6.62. The summed E-state index contributed by atoms with van der Waals surface area (Å²) in [5, 5.41) is 4.53. The topological polar surface area (TPSA) is 24.9 Å². The van der Waals surface area contributed by atoms with Crippen LogP contribution in [0.2, 0.25) is 0 Å². The van der Waals surface area contributed by atoms with Crippen LogP contribution in [0.1, 0.15) is 17.2 Å². The number of para-hydroxylation sites is 1. The van der Waals surface area contributed by atoms with E-state index in [1.807, 2.05) is 37.5 Å². The molecule has 1 N–H and O–H groups in total. The lowest BCUT2D eigenvalue weighted by atomic mass is 9.99. The molecule has 0 bridgehead atoms. The van der Waals surface area contributed by atoms with E-state index in [2.05, 4.69) is 66.4 Å². The Morgan fingerprint density at radius 3 is 2.67 bits per heavy atom. The van der Waals surface area contributed by atoms with E-state index >= 15 is 0 Å². The van der Waals surface area contributed by atoms with Gasteiger partial charge in [0.2, 0.25) is 0 Å². The zero-order valence-electron chi connectivity index (χ0n) is 11.5. The van der Waals surface area contributed by atoms with Crippen molar-refractivity contribution in [1.82, 2.24) is 10.3 Å². The van der Waals surface area contributed by atoms with Crippen LogP contribution >= 0.6 is 31.9 Å². The second kappa shape index (κ2) is 6.26. The Balaban J connectivity index is 2.11. The molecule has 1 heterocycles. The molecule has 1 aromatic heterocycles. The Bertz CT molecular complexity index is 787. The van der Waals surface area contributed by atoms with Gasteiger partial charge in [-0.3, -0.25) is 4.98 Å². The molecular formula is C17H14Br2N2. The molecule has 1 unspecified atom stereocenters. The summed E-state index contributed by atoms with van der Waals surface area (Å²) >= 11 is 7.18. The van der Waals surface area contributed by atoms with E-state index in [-0.39, 0.29) is 6.04 Å². The van der Waals surface area contributed by atoms with Crippen molar-refractivity contribution in [3.63, 3.8) is 0 Å². The number of aromatic nitrogens is 1. The maximum atomic E-state index is 4.56. The first kappa shape index (κ1) is 14.7. The van der Waals surface area contributed by atoms with Crippen molar-refractivity contribution >= 4 is 42.8 Å². The van der Waals surface area contributed by atoms with Gasteiger partial charge >= 0.3 is 0 Å². The van der Waals surface area contributed by atoms with E-state index in [1.54, 1.807) is 0 Å². The van der Waals surface area contributed by atoms with Crippen LogP contribution < -0.4 is 5.32 Å². The molecule has 0 aliphatic heterocycles. The summed E-state index contributed by atoms with van der Waals surface area (Å²) in [5.41, 5.74) is 3.35. The molecule has 3 rings (SSSR count). The van der Waals surface area contributed by atoms with Crippen LogP contribution in [0.3, 0.4) is 0 Å². The fraction of sp³-hybridized carbons (Fsp3) is 0.118. The first-order valence-corrected chi connectivity index (χ1v) is 8.24. The monoisotopic (exact) mass is 404 g/mol. The molecular weight excluding hydrogens is 392 g/mol. The predicted molar refractivity (Wildman–Crippen MR) is 94.5 cm³/mol. The third-order valence-corrected chi connectivity index (χ3v) is 4.72. The highest BCUT2D eigenvalue weighted by molar-refractivity contribution is 9.11. The number of hydrogen-bond donors (Lipinski definition) is 1. The molecule has 1 atom stereocenters. The van der Waals surface area contributed by atoms with Crippen LogP contribution in [0.15, 0.2) is 63.7 Å². The summed E-state index contributed by atoms with van der Waals surface area (Å²) < 4.78 is 2.15. The van der Waals surface area contributed by atoms with Crippen molar-refractivity contribution in [2.75, 3.05) is 7.05 Å². The highest BCUT2D eigenvalue weighted by Crippen LogP contribution is 2.31. The average molecular weight is 406 g/mol. The third kappa shape index (κ3) is 3.03. The van der Waals surface area contributed by atoms with E-state index < -0.39 is 0 Å². The standard InChI is InChI=1S/C17H14Br2N2/c1-20-17(14-9-13(18)6-7-15(14)19)12-8-11-4-2-3-5-16(11)21-10-12/h2-10,17,20H,1H3. The molecule has 0 radical (unpaired) electrons. The summed E-state index contributed by atoms with van der Waals surface area (Å²) in [7, 11) is 1.97. The lowest BCUT2D eigenvalue weighted by Gasteiger charge is -2.19. The molecule has 21 heavy (non-hydrogen) atoms. The lowest BCUT2D eigenvalue weighted by molar-refractivity contribution is 0.687. The van der Waals surface area contributed by atoms with Crippen LogP contribution in [0, 0.1) is 0 Å². The molecule has 0 amide bonds. The van der Waals surface area contributed by atoms with Gasteiger partial charge in [0.05, 0.1) is 11.6 Å². The minimum Gasteiger partial charge on any atom is -0.309 e. The first-order valence-electron chi connectivity index (χ1n) is 6.66. The number of nitrogens with one attached hydrogen (secondary N) is 1. The predicted octanol–water partition coefficient (Wildman–Crippen LogP) is 5.07. The fourth-order valence-electron chi connectivity index (χ4n) is 2.48. The van der Waals surface area contributed by atoms with Gasteiger partial charge in [-0.2, -0.15) is 0 Å². The van der Waals surface area contributed by atoms with Crippen LogP contribution in [-0.4, -0.2) is 12.0 Å². The van der Waals surface area contributed by atoms with Crippen molar-refractivity contribution in [3.8, 4) is 0 Å². The van der Waals surface area contributed by atoms with Crippen LogP contribution in [0.25, 0.3) is 10.9 Å². The number of halogens is 2. The maximum absolute atomic E-state index is 4.56. The summed E-state index contributed by atoms with van der Waals surface area (Å²) in [4.78, 5) is 4.56. The zero-order chi connectivity index (χ0) is 14.8. The molecule has 106 valence electrons. The fourth-order valence-corrected chi connectivity index (χ4v) is 3.34. The van der Waals surface area contributed by atoms with Crippen LogP contribution in [-0.2, 0) is 0 Å². The Kier molecular flexibility index (Phi) is 4.38. The average Bonchev–Trinajstić information content (AvgIpc) is 2.51. The van der Waals surface area contributed by atoms with Gasteiger partial charge in [0.15, 0.2) is 0 Å². The van der Waals surface area contributed by atoms with Gasteiger partial charge in [-0.1, -0.05) is 50.1 Å². The number of fused-ring (bicyclic) bond motifs is 1. The Hall–Kier alpha value is -1.23. The van der Waals surface area contributed by atoms with Gasteiger partial charge in [-0.15, -0.1) is 0 Å². The van der Waals surface area contributed by atoms with E-state index in [4.69, 9.17) is 0 Å². The van der Waals surface area contributed by atoms with Crippen molar-refractivity contribution in [3.05, 3.63) is 74.8 Å². The lowest BCUT2D eigenvalue weighted by Crippen LogP contribution is -2.18. The zero-order valence-corrected chi connectivity index (χ0v) is 14.6. The maximum Gasteiger partial charge on any atom is 0.0702 e. The molecule has 2 aromatic carbocycles. The first-order chi connectivity index (χ1) is 10.2. The SMILES string of the molecule is CNC(c1cnc2ccccc2c1)c1cc(Br)ccc1Br. The van der Waals surface area contributed by atoms with Crippen LogP contribution in [0.5, 0.6) is 0 Å². The molecule has 4 heteroatoms. The molecule has 0 saturated heterocycles. The van der Waals surface area contributed by atoms with E-state index in [0.717, 1.165) is 25.4 Å². The summed E-state index contributed by atoms with van der Waals surface area (Å²) in [6, 6.07) is 16.7. The normalized spacial score (nSPS) is 12.5. The molecule has 0 spiro atoms. The van der Waals surface area contributed by atoms with E-state index in [9.17, 15) is 0 Å². The van der Waals surface area contributed by atoms with Crippen LogP contribution in [0.4, 0.5) is 0 Å². The van der Waals surface area contributed by atoms with Crippen molar-refractivity contribution in [2.24, 2.45) is 0 Å². The summed E-state index contributed by atoms with van der Waals surface area (Å²) in [6.07, 6.45) is 1.94. The van der Waals surface area contributed by atoms with Gasteiger partial charge in [-0.05, 0) is 48.5 Å². The van der Waals surface area contributed by atoms with Gasteiger partial charge in [0, 0.05) is 20.5 Å². The van der Waals surface area contributed by atoms with Gasteiger partial charge < -0.3 is 5.32 Å². The molecule has 0 aliphatic rings. The van der Waals surface area contributed by atoms with Gasteiger partial charge in [0.25, 0.3) is 0 Å². The number of hydrogen-bond acceptors (Lipinski definition) is 2. The third-order valence-electron chi connectivity index (χ3n) is 3.50. The molecule has 0 saturated carbocycles. The summed E-state index contributed by atoms with van der Waals surface area (Å²) in [6.45, 7) is 0. The highest BCUT2D eigenvalue weighted by Gasteiger charge is 2.16. The smallest absolute Gasteiger partial charge is 0.0702 e. The number of rotatable bonds is 3. The summed E-state index contributed by atoms with van der Waals surface area (Å²) in [5.74, 6) is 0. The quantitative estimate of drug-likeness (QED) is 0.657. The number of benzene rings is 2. The molecule has 0 fully saturated rings. The van der Waals surface area contributed by atoms with Gasteiger partial charge in [-0.25, -0.2) is 0 Å². The molecule has 0 aliphatic carbocycles. The Labute approximate surface area is 140 Å². The van der Waals surface area contributed by atoms with Crippen molar-refractivity contribution < 1.29 is 0 Å². The minimum absolute atomic E-state index is 0.0916. The molecule has 2 nitrogen and oxygen atoms in total. The second-order valence-electron chi connectivity index (χ2n) is 4.85. The number of pyridine rings is 1. The highest BCUT2D eigenvalue weighted by atomic mass is 79.9. The molecule has 3 aromatic rings.